The van der Waals surface area contributed by atoms with Gasteiger partial charge in [-0.3, -0.25) is 9.79 Å². The highest BCUT2D eigenvalue weighted by Crippen LogP contribution is 2.15. The van der Waals surface area contributed by atoms with Gasteiger partial charge in [-0.25, -0.2) is 4.39 Å². The number of nitrogens with one attached hydrogen (secondary N) is 2. The summed E-state index contributed by atoms with van der Waals surface area (Å²) in [5.41, 5.74) is 1.74. The Morgan fingerprint density at radius 3 is 2.58 bits per heavy atom. The summed E-state index contributed by atoms with van der Waals surface area (Å²) in [6, 6.07) is 13.9. The summed E-state index contributed by atoms with van der Waals surface area (Å²) in [4.78, 5) is 19.0. The molecule has 2 aromatic rings. The maximum absolute atomic E-state index is 13.4. The summed E-state index contributed by atoms with van der Waals surface area (Å²) < 4.78 is 19.3. The normalized spacial score (nSPS) is 14.8. The van der Waals surface area contributed by atoms with Gasteiger partial charge in [-0.2, -0.15) is 0 Å². The van der Waals surface area contributed by atoms with Crippen LogP contribution in [-0.2, 0) is 6.54 Å². The number of ether oxygens (including phenoxy) is 1. The molecule has 0 radical (unpaired) electrons. The molecule has 1 amide bonds. The highest BCUT2D eigenvalue weighted by molar-refractivity contribution is 14.0. The Kier molecular flexibility index (Phi) is 11.4. The van der Waals surface area contributed by atoms with E-state index in [1.807, 2.05) is 36.1 Å². The summed E-state index contributed by atoms with van der Waals surface area (Å²) >= 11 is 0. The van der Waals surface area contributed by atoms with Gasteiger partial charge in [0.25, 0.3) is 5.91 Å². The summed E-state index contributed by atoms with van der Waals surface area (Å²) in [6.45, 7) is 4.78. The smallest absolute Gasteiger partial charge is 0.253 e. The molecule has 0 bridgehead atoms. The molecule has 1 aliphatic heterocycles. The summed E-state index contributed by atoms with van der Waals surface area (Å²) in [6.07, 6.45) is 4.00. The van der Waals surface area contributed by atoms with E-state index in [1.165, 1.54) is 18.6 Å². The zero-order valence-electron chi connectivity index (χ0n) is 19.4. The van der Waals surface area contributed by atoms with E-state index in [0.717, 1.165) is 43.5 Å². The summed E-state index contributed by atoms with van der Waals surface area (Å²) in [7, 11) is 1.71. The molecular formula is C25H34FIN4O2. The van der Waals surface area contributed by atoms with Crippen LogP contribution >= 0.6 is 24.0 Å². The average Bonchev–Trinajstić information content (AvgIpc) is 2.83. The molecule has 1 atom stereocenters. The first kappa shape index (κ1) is 26.9. The van der Waals surface area contributed by atoms with E-state index in [2.05, 4.69) is 15.6 Å². The lowest BCUT2D eigenvalue weighted by molar-refractivity contribution is 0.0724. The van der Waals surface area contributed by atoms with Crippen LogP contribution in [0.15, 0.2) is 53.5 Å². The van der Waals surface area contributed by atoms with Gasteiger partial charge >= 0.3 is 0 Å². The molecule has 3 rings (SSSR count). The lowest BCUT2D eigenvalue weighted by Crippen LogP contribution is -2.42. The Labute approximate surface area is 213 Å². The molecule has 0 saturated carbocycles. The number of carbonyl (C=O) groups is 1. The molecule has 0 spiro atoms. The maximum Gasteiger partial charge on any atom is 0.253 e. The van der Waals surface area contributed by atoms with Crippen LogP contribution in [0, 0.1) is 5.82 Å². The van der Waals surface area contributed by atoms with Crippen molar-refractivity contribution in [2.45, 2.75) is 45.3 Å². The zero-order chi connectivity index (χ0) is 22.8. The van der Waals surface area contributed by atoms with Gasteiger partial charge in [0.05, 0.1) is 6.54 Å². The van der Waals surface area contributed by atoms with Crippen molar-refractivity contribution in [3.05, 3.63) is 65.5 Å². The lowest BCUT2D eigenvalue weighted by atomic mass is 10.1. The standard InChI is InChI=1S/C25H33FN4O2.HI/c1-3-22(32-23-12-8-11-21(26)16-23)18-29-25(27-2)28-17-19-9-7-10-20(15-19)24(31)30-13-5-4-6-14-30;/h7-12,15-16,22H,3-6,13-14,17-18H2,1-2H3,(H2,27,28,29);1H. The van der Waals surface area contributed by atoms with Gasteiger partial charge in [-0.05, 0) is 55.5 Å². The molecule has 1 unspecified atom stereocenters. The number of aliphatic imine (C=N–C) groups is 1. The minimum Gasteiger partial charge on any atom is -0.489 e. The number of piperidine rings is 1. The molecule has 8 heteroatoms. The highest BCUT2D eigenvalue weighted by atomic mass is 127. The van der Waals surface area contributed by atoms with Gasteiger partial charge in [0.1, 0.15) is 17.7 Å². The fraction of sp³-hybridized carbons (Fsp3) is 0.440. The molecule has 1 saturated heterocycles. The van der Waals surface area contributed by atoms with Crippen LogP contribution in [0.2, 0.25) is 0 Å². The minimum atomic E-state index is -0.316. The number of carbonyl (C=O) groups excluding carboxylic acids is 1. The van der Waals surface area contributed by atoms with E-state index in [0.29, 0.717) is 24.8 Å². The average molecular weight is 568 g/mol. The quantitative estimate of drug-likeness (QED) is 0.278. The lowest BCUT2D eigenvalue weighted by Gasteiger charge is -2.26. The van der Waals surface area contributed by atoms with E-state index < -0.39 is 0 Å². The van der Waals surface area contributed by atoms with Gasteiger partial charge in [0, 0.05) is 38.3 Å². The Morgan fingerprint density at radius 1 is 1.12 bits per heavy atom. The first-order valence-electron chi connectivity index (χ1n) is 11.3. The predicted octanol–water partition coefficient (Wildman–Crippen LogP) is 4.59. The number of halogens is 2. The van der Waals surface area contributed by atoms with E-state index >= 15 is 0 Å². The molecule has 1 heterocycles. The second-order valence-electron chi connectivity index (χ2n) is 7.97. The van der Waals surface area contributed by atoms with Crippen LogP contribution in [0.4, 0.5) is 4.39 Å². The largest absolute Gasteiger partial charge is 0.489 e. The van der Waals surface area contributed by atoms with Crippen LogP contribution in [0.5, 0.6) is 5.75 Å². The second kappa shape index (κ2) is 14.0. The molecule has 1 aliphatic rings. The topological polar surface area (TPSA) is 66.0 Å². The Balaban J connectivity index is 0.00000385. The molecule has 0 aromatic heterocycles. The van der Waals surface area contributed by atoms with Gasteiger partial charge in [-0.1, -0.05) is 25.1 Å². The number of rotatable bonds is 8. The van der Waals surface area contributed by atoms with Crippen LogP contribution in [-0.4, -0.2) is 49.6 Å². The van der Waals surface area contributed by atoms with Crippen LogP contribution in [0.1, 0.15) is 48.5 Å². The van der Waals surface area contributed by atoms with Crippen LogP contribution in [0.3, 0.4) is 0 Å². The van der Waals surface area contributed by atoms with Gasteiger partial charge in [-0.15, -0.1) is 24.0 Å². The number of nitrogens with zero attached hydrogens (tertiary/aromatic N) is 2. The van der Waals surface area contributed by atoms with Crippen LogP contribution < -0.4 is 15.4 Å². The van der Waals surface area contributed by atoms with E-state index in [1.54, 1.807) is 19.2 Å². The Bertz CT molecular complexity index is 919. The van der Waals surface area contributed by atoms with E-state index in [-0.39, 0.29) is 41.8 Å². The number of hydrogen-bond donors (Lipinski definition) is 2. The van der Waals surface area contributed by atoms with Crippen molar-refractivity contribution in [1.82, 2.24) is 15.5 Å². The molecule has 2 N–H and O–H groups in total. The van der Waals surface area contributed by atoms with Crippen molar-refractivity contribution < 1.29 is 13.9 Å². The fourth-order valence-corrected chi connectivity index (χ4v) is 3.71. The molecule has 1 fully saturated rings. The van der Waals surface area contributed by atoms with Crippen molar-refractivity contribution in [3.8, 4) is 5.75 Å². The molecule has 0 aliphatic carbocycles. The fourth-order valence-electron chi connectivity index (χ4n) is 3.71. The number of guanidine groups is 1. The third-order valence-corrected chi connectivity index (χ3v) is 5.55. The van der Waals surface area contributed by atoms with E-state index in [9.17, 15) is 9.18 Å². The number of hydrogen-bond acceptors (Lipinski definition) is 3. The molecule has 33 heavy (non-hydrogen) atoms. The molecule has 2 aromatic carbocycles. The molecular weight excluding hydrogens is 534 g/mol. The van der Waals surface area contributed by atoms with E-state index in [4.69, 9.17) is 4.74 Å². The van der Waals surface area contributed by atoms with Crippen LogP contribution in [0.25, 0.3) is 0 Å². The number of likely N-dealkylation sites (tertiary alicyclic amines) is 1. The minimum absolute atomic E-state index is 0. The first-order valence-corrected chi connectivity index (χ1v) is 11.3. The summed E-state index contributed by atoms with van der Waals surface area (Å²) in [5.74, 6) is 0.939. The van der Waals surface area contributed by atoms with Crippen molar-refractivity contribution >= 4 is 35.8 Å². The number of benzene rings is 2. The summed E-state index contributed by atoms with van der Waals surface area (Å²) in [5, 5.41) is 6.54. The second-order valence-corrected chi connectivity index (χ2v) is 7.97. The van der Waals surface area contributed by atoms with Crippen molar-refractivity contribution in [2.24, 2.45) is 4.99 Å². The van der Waals surface area contributed by atoms with Gasteiger partial charge in [0.15, 0.2) is 5.96 Å². The molecule has 180 valence electrons. The Hall–Kier alpha value is -2.36. The highest BCUT2D eigenvalue weighted by Gasteiger charge is 2.18. The maximum atomic E-state index is 13.4. The predicted molar refractivity (Wildman–Crippen MR) is 141 cm³/mol. The monoisotopic (exact) mass is 568 g/mol. The Morgan fingerprint density at radius 2 is 1.88 bits per heavy atom. The zero-order valence-corrected chi connectivity index (χ0v) is 21.7. The molecule has 6 nitrogen and oxygen atoms in total. The van der Waals surface area contributed by atoms with Gasteiger partial charge in [0.2, 0.25) is 0 Å². The third kappa shape index (κ3) is 8.49. The van der Waals surface area contributed by atoms with Crippen molar-refractivity contribution in [1.29, 1.82) is 0 Å². The SMILES string of the molecule is CCC(CNC(=NC)NCc1cccc(C(=O)N2CCCCC2)c1)Oc1cccc(F)c1.I. The third-order valence-electron chi connectivity index (χ3n) is 5.55. The van der Waals surface area contributed by atoms with Crippen molar-refractivity contribution in [2.75, 3.05) is 26.7 Å². The number of amides is 1. The van der Waals surface area contributed by atoms with Gasteiger partial charge < -0.3 is 20.3 Å². The van der Waals surface area contributed by atoms with Crippen molar-refractivity contribution in [3.63, 3.8) is 0 Å². The first-order chi connectivity index (χ1) is 15.6.